The predicted molar refractivity (Wildman–Crippen MR) is 171 cm³/mol. The van der Waals surface area contributed by atoms with E-state index in [9.17, 15) is 0 Å². The molecule has 0 bridgehead atoms. The molecule has 0 aliphatic heterocycles. The molecule has 2 nitrogen and oxygen atoms in total. The van der Waals surface area contributed by atoms with Gasteiger partial charge < -0.3 is 9.47 Å². The Bertz CT molecular complexity index is 627. The van der Waals surface area contributed by atoms with E-state index in [2.05, 4.69) is 6.92 Å². The molecule has 0 aromatic carbocycles. The average molecular weight is 831 g/mol. The molecule has 0 fully saturated rings. The van der Waals surface area contributed by atoms with Crippen molar-refractivity contribution >= 4 is 174 Å². The van der Waals surface area contributed by atoms with Gasteiger partial charge in [-0.1, -0.05) is 207 Å². The summed E-state index contributed by atoms with van der Waals surface area (Å²) in [5.74, 6) is 0.0662. The van der Waals surface area contributed by atoms with Gasteiger partial charge in [-0.25, -0.2) is 0 Å². The highest BCUT2D eigenvalue weighted by Gasteiger charge is 2.63. The number of unbranched alkanes of at least 4 members (excludes halogenated alkanes) is 1. The first-order valence-corrected chi connectivity index (χ1v) is 16.6. The molecule has 0 amide bonds. The van der Waals surface area contributed by atoms with Gasteiger partial charge in [-0.2, -0.15) is 0 Å². The molecule has 0 aromatic heterocycles. The van der Waals surface area contributed by atoms with E-state index in [0.717, 1.165) is 25.7 Å². The van der Waals surface area contributed by atoms with Crippen LogP contribution >= 0.6 is 174 Å². The summed E-state index contributed by atoms with van der Waals surface area (Å²) in [5, 5.41) is 0. The van der Waals surface area contributed by atoms with Gasteiger partial charge in [0.25, 0.3) is 0 Å². The average Bonchev–Trinajstić information content (AvgIpc) is 2.60. The van der Waals surface area contributed by atoms with Crippen LogP contribution in [-0.2, 0) is 9.47 Å². The van der Waals surface area contributed by atoms with Gasteiger partial charge in [0.2, 0.25) is 3.79 Å². The van der Waals surface area contributed by atoms with Crippen LogP contribution < -0.4 is 0 Å². The monoisotopic (exact) mass is 824 g/mol. The van der Waals surface area contributed by atoms with E-state index < -0.39 is 62.5 Å². The Hall–Kier alpha value is 4.27. The molecule has 0 rings (SSSR count). The summed E-state index contributed by atoms with van der Waals surface area (Å²) in [6.07, 6.45) is 1.64. The molecule has 0 radical (unpaired) electrons. The Balaban J connectivity index is 7.32. The fourth-order valence-corrected chi connectivity index (χ4v) is 6.68. The van der Waals surface area contributed by atoms with Crippen molar-refractivity contribution in [1.29, 1.82) is 0 Å². The number of hydrogen-bond donors (Lipinski definition) is 0. The van der Waals surface area contributed by atoms with E-state index in [0.29, 0.717) is 0 Å². The second kappa shape index (κ2) is 16.5. The van der Waals surface area contributed by atoms with Crippen molar-refractivity contribution < 1.29 is 9.47 Å². The normalized spacial score (nSPS) is 15.8. The first-order valence-electron chi connectivity index (χ1n) is 10.9. The lowest BCUT2D eigenvalue weighted by Crippen LogP contribution is -2.64. The van der Waals surface area contributed by atoms with Gasteiger partial charge in [0.05, 0.1) is 13.2 Å². The van der Waals surface area contributed by atoms with Crippen molar-refractivity contribution in [2.24, 2.45) is 5.92 Å². The maximum absolute atomic E-state index is 6.54. The largest absolute Gasteiger partial charge is 0.371 e. The topological polar surface area (TPSA) is 18.5 Å². The number of alkyl halides is 15. The first kappa shape index (κ1) is 41.3. The number of ether oxygens (including phenoxy) is 2. The molecule has 0 aliphatic rings. The van der Waals surface area contributed by atoms with Gasteiger partial charge in [-0.15, -0.1) is 0 Å². The van der Waals surface area contributed by atoms with Crippen molar-refractivity contribution in [3.63, 3.8) is 0 Å². The van der Waals surface area contributed by atoms with Crippen molar-refractivity contribution in [3.8, 4) is 0 Å². The van der Waals surface area contributed by atoms with Gasteiger partial charge in [0.1, 0.15) is 11.2 Å². The second-order valence-electron chi connectivity index (χ2n) is 8.79. The van der Waals surface area contributed by atoms with E-state index >= 15 is 0 Å². The van der Waals surface area contributed by atoms with Crippen LogP contribution in [0.25, 0.3) is 0 Å². The van der Waals surface area contributed by atoms with E-state index in [1.807, 2.05) is 6.92 Å². The van der Waals surface area contributed by atoms with E-state index in [4.69, 9.17) is 183 Å². The minimum atomic E-state index is -2.04. The maximum atomic E-state index is 6.54. The lowest BCUT2D eigenvalue weighted by molar-refractivity contribution is -0.226. The summed E-state index contributed by atoms with van der Waals surface area (Å²) in [7, 11) is 0. The summed E-state index contributed by atoms with van der Waals surface area (Å²) < 4.78 is 2.68. The highest BCUT2D eigenvalue weighted by Crippen LogP contribution is 2.58. The minimum Gasteiger partial charge on any atom is -0.371 e. The molecule has 0 aromatic rings. The van der Waals surface area contributed by atoms with Crippen LogP contribution in [0.15, 0.2) is 0 Å². The Morgan fingerprint density at radius 2 is 0.865 bits per heavy atom. The lowest BCUT2D eigenvalue weighted by Gasteiger charge is -2.54. The molecule has 1 unspecified atom stereocenters. The van der Waals surface area contributed by atoms with Crippen LogP contribution in [-0.4, -0.2) is 43.4 Å². The summed E-state index contributed by atoms with van der Waals surface area (Å²) in [6.45, 7) is 3.62. The zero-order valence-corrected chi connectivity index (χ0v) is 31.0. The van der Waals surface area contributed by atoms with Gasteiger partial charge >= 0.3 is 0 Å². The Morgan fingerprint density at radius 1 is 0.514 bits per heavy atom. The molecule has 0 N–H and O–H groups in total. The predicted octanol–water partition coefficient (Wildman–Crippen LogP) is 13.1. The highest BCUT2D eigenvalue weighted by molar-refractivity contribution is 6.69. The van der Waals surface area contributed by atoms with E-state index in [1.165, 1.54) is 0 Å². The van der Waals surface area contributed by atoms with Gasteiger partial charge in [-0.05, 0) is 12.3 Å². The molecule has 37 heavy (non-hydrogen) atoms. The van der Waals surface area contributed by atoms with Crippen molar-refractivity contribution in [3.05, 3.63) is 0 Å². The van der Waals surface area contributed by atoms with Gasteiger partial charge in [0, 0.05) is 25.7 Å². The zero-order chi connectivity index (χ0) is 29.6. The molecule has 17 heteroatoms. The molecular formula is C20H27Cl15O2. The van der Waals surface area contributed by atoms with Crippen LogP contribution in [0.5, 0.6) is 0 Å². The van der Waals surface area contributed by atoms with E-state index in [-0.39, 0.29) is 12.5 Å². The van der Waals surface area contributed by atoms with Crippen LogP contribution in [0.3, 0.4) is 0 Å². The highest BCUT2D eigenvalue weighted by atomic mass is 35.6. The smallest absolute Gasteiger partial charge is 0.213 e. The van der Waals surface area contributed by atoms with Crippen LogP contribution in [0.1, 0.15) is 65.2 Å². The standard InChI is InChI=1S/C20H27Cl15O2/c1-3-5-6-13(4-2)7-36-14(8-16(21,22)23,9-17(24,25)26)15(10-18(27,28)29,11-19(30,31)32)37-12-20(33,34)35/h13H,3-12H2,1-2H3. The molecule has 0 saturated heterocycles. The van der Waals surface area contributed by atoms with Gasteiger partial charge in [0.15, 0.2) is 15.2 Å². The van der Waals surface area contributed by atoms with Crippen molar-refractivity contribution in [1.82, 2.24) is 0 Å². The third-order valence-corrected chi connectivity index (χ3v) is 7.36. The molecule has 0 aliphatic carbocycles. The summed E-state index contributed by atoms with van der Waals surface area (Å²) >= 11 is 93.5. The zero-order valence-electron chi connectivity index (χ0n) is 19.6. The molecule has 0 heterocycles. The number of hydrogen-bond acceptors (Lipinski definition) is 2. The first-order chi connectivity index (χ1) is 16.3. The number of rotatable bonds is 14. The minimum absolute atomic E-state index is 0.0662. The SMILES string of the molecule is CCCCC(CC)COC(CC(Cl)(Cl)Cl)(CC(Cl)(Cl)Cl)C(CC(Cl)(Cl)Cl)(CC(Cl)(Cl)Cl)OCC(Cl)(Cl)Cl. The summed E-state index contributed by atoms with van der Waals surface area (Å²) in [5.41, 5.74) is -3.79. The number of halogens is 15. The van der Waals surface area contributed by atoms with E-state index in [1.54, 1.807) is 0 Å². The Kier molecular flexibility index (Phi) is 18.5. The third kappa shape index (κ3) is 18.6. The molecule has 1 atom stereocenters. The van der Waals surface area contributed by atoms with Crippen LogP contribution in [0.4, 0.5) is 0 Å². The van der Waals surface area contributed by atoms with Crippen molar-refractivity contribution in [2.45, 2.75) is 95.4 Å². The van der Waals surface area contributed by atoms with Gasteiger partial charge in [-0.3, -0.25) is 0 Å². The summed E-state index contributed by atoms with van der Waals surface area (Å²) in [4.78, 5) is 0. The molecule has 224 valence electrons. The fourth-order valence-electron chi connectivity index (χ4n) is 3.93. The molecule has 0 spiro atoms. The lowest BCUT2D eigenvalue weighted by atomic mass is 9.73. The fraction of sp³-hybridized carbons (Fsp3) is 1.00. The second-order valence-corrected chi connectivity index (χ2v) is 21.4. The maximum Gasteiger partial charge on any atom is 0.213 e. The quantitative estimate of drug-likeness (QED) is 0.162. The van der Waals surface area contributed by atoms with Crippen LogP contribution in [0, 0.1) is 5.92 Å². The Morgan fingerprint density at radius 3 is 1.14 bits per heavy atom. The summed E-state index contributed by atoms with van der Waals surface area (Å²) in [6, 6.07) is 0. The Labute approximate surface area is 294 Å². The van der Waals surface area contributed by atoms with Crippen molar-refractivity contribution in [2.75, 3.05) is 13.2 Å². The van der Waals surface area contributed by atoms with Crippen LogP contribution in [0.2, 0.25) is 0 Å². The molecule has 0 saturated carbocycles. The molecular weight excluding hydrogens is 804 g/mol. The third-order valence-electron chi connectivity index (χ3n) is 5.43.